The molecule has 84 valence electrons. The Kier molecular flexibility index (Phi) is 2.70. The number of aromatic nitrogens is 3. The van der Waals surface area contributed by atoms with Gasteiger partial charge in [0.1, 0.15) is 6.07 Å². The zero-order valence-electron chi connectivity index (χ0n) is 8.52. The van der Waals surface area contributed by atoms with E-state index in [2.05, 4.69) is 20.5 Å². The average molecular weight is 229 g/mol. The fourth-order valence-corrected chi connectivity index (χ4v) is 1.25. The molecule has 7 heteroatoms. The average Bonchev–Trinajstić information content (AvgIpc) is 2.77. The normalized spacial score (nSPS) is 9.59. The van der Waals surface area contributed by atoms with E-state index in [1.54, 1.807) is 24.3 Å². The van der Waals surface area contributed by atoms with Gasteiger partial charge in [0.05, 0.1) is 11.3 Å². The molecule has 0 aliphatic heterocycles. The van der Waals surface area contributed by atoms with E-state index in [0.29, 0.717) is 11.3 Å². The number of rotatable bonds is 2. The van der Waals surface area contributed by atoms with E-state index >= 15 is 0 Å². The van der Waals surface area contributed by atoms with Crippen LogP contribution in [-0.4, -0.2) is 21.1 Å². The SMILES string of the molecule is N#Cc1ccccc1NC(=O)c1n[nH]c(=O)[nH]1. The monoisotopic (exact) mass is 229 g/mol. The highest BCUT2D eigenvalue weighted by atomic mass is 16.2. The number of hydrogen-bond acceptors (Lipinski definition) is 4. The lowest BCUT2D eigenvalue weighted by atomic mass is 10.2. The molecular weight excluding hydrogens is 222 g/mol. The molecule has 0 fully saturated rings. The molecule has 17 heavy (non-hydrogen) atoms. The highest BCUT2D eigenvalue weighted by molar-refractivity contribution is 6.02. The number of aromatic amines is 2. The Balaban J connectivity index is 2.25. The maximum absolute atomic E-state index is 11.6. The Morgan fingerprint density at radius 2 is 2.18 bits per heavy atom. The van der Waals surface area contributed by atoms with Crippen LogP contribution in [-0.2, 0) is 0 Å². The second-order valence-corrected chi connectivity index (χ2v) is 3.14. The third kappa shape index (κ3) is 2.21. The number of carbonyl (C=O) groups excluding carboxylic acids is 1. The van der Waals surface area contributed by atoms with Gasteiger partial charge < -0.3 is 5.32 Å². The number of nitrogens with zero attached hydrogens (tertiary/aromatic N) is 2. The Morgan fingerprint density at radius 1 is 1.41 bits per heavy atom. The van der Waals surface area contributed by atoms with Crippen LogP contribution in [0.2, 0.25) is 0 Å². The van der Waals surface area contributed by atoms with E-state index in [0.717, 1.165) is 0 Å². The highest BCUT2D eigenvalue weighted by Gasteiger charge is 2.11. The molecule has 2 rings (SSSR count). The quantitative estimate of drug-likeness (QED) is 0.683. The van der Waals surface area contributed by atoms with Crippen molar-refractivity contribution in [2.75, 3.05) is 5.32 Å². The first-order valence-corrected chi connectivity index (χ1v) is 4.66. The highest BCUT2D eigenvalue weighted by Crippen LogP contribution is 2.13. The van der Waals surface area contributed by atoms with Crippen molar-refractivity contribution in [2.24, 2.45) is 0 Å². The number of nitrogens with one attached hydrogen (secondary N) is 3. The molecule has 0 aliphatic carbocycles. The van der Waals surface area contributed by atoms with Crippen LogP contribution in [0, 0.1) is 11.3 Å². The molecule has 1 aromatic heterocycles. The van der Waals surface area contributed by atoms with Gasteiger partial charge in [-0.2, -0.15) is 5.26 Å². The number of H-pyrrole nitrogens is 2. The first kappa shape index (κ1) is 10.6. The number of nitriles is 1. The van der Waals surface area contributed by atoms with Crippen molar-refractivity contribution in [3.05, 3.63) is 46.1 Å². The smallest absolute Gasteiger partial charge is 0.318 e. The van der Waals surface area contributed by atoms with E-state index in [9.17, 15) is 9.59 Å². The predicted molar refractivity (Wildman–Crippen MR) is 58.3 cm³/mol. The van der Waals surface area contributed by atoms with Gasteiger partial charge in [-0.3, -0.25) is 9.78 Å². The molecule has 1 aromatic carbocycles. The maximum Gasteiger partial charge on any atom is 0.341 e. The first-order chi connectivity index (χ1) is 8.20. The van der Waals surface area contributed by atoms with Crippen molar-refractivity contribution in [2.45, 2.75) is 0 Å². The van der Waals surface area contributed by atoms with Gasteiger partial charge in [0.25, 0.3) is 5.91 Å². The Bertz CT molecular complexity index is 649. The van der Waals surface area contributed by atoms with E-state index in [4.69, 9.17) is 5.26 Å². The standard InChI is InChI=1S/C10H7N5O2/c11-5-6-3-1-2-4-7(6)12-9(16)8-13-10(17)15-14-8/h1-4H,(H,12,16)(H2,13,14,15,17). The zero-order valence-corrected chi connectivity index (χ0v) is 8.52. The summed E-state index contributed by atoms with van der Waals surface area (Å²) < 4.78 is 0. The first-order valence-electron chi connectivity index (χ1n) is 4.66. The molecule has 0 atom stereocenters. The molecule has 0 saturated heterocycles. The van der Waals surface area contributed by atoms with Crippen LogP contribution in [0.3, 0.4) is 0 Å². The van der Waals surface area contributed by atoms with Crippen LogP contribution in [0.5, 0.6) is 0 Å². The minimum Gasteiger partial charge on any atom is -0.318 e. The van der Waals surface area contributed by atoms with Crippen molar-refractivity contribution in [1.82, 2.24) is 15.2 Å². The number of para-hydroxylation sites is 1. The Labute approximate surface area is 95.1 Å². The van der Waals surface area contributed by atoms with Gasteiger partial charge in [-0.25, -0.2) is 9.89 Å². The van der Waals surface area contributed by atoms with Crippen molar-refractivity contribution in [1.29, 1.82) is 5.26 Å². The lowest BCUT2D eigenvalue weighted by molar-refractivity contribution is 0.101. The second-order valence-electron chi connectivity index (χ2n) is 3.14. The summed E-state index contributed by atoms with van der Waals surface area (Å²) in [4.78, 5) is 24.6. The third-order valence-corrected chi connectivity index (χ3v) is 2.01. The Hall–Kier alpha value is -2.88. The van der Waals surface area contributed by atoms with Crippen LogP contribution >= 0.6 is 0 Å². The van der Waals surface area contributed by atoms with E-state index in [1.165, 1.54) is 0 Å². The van der Waals surface area contributed by atoms with Gasteiger partial charge in [-0.15, -0.1) is 5.10 Å². The molecule has 3 N–H and O–H groups in total. The summed E-state index contributed by atoms with van der Waals surface area (Å²) in [6.07, 6.45) is 0. The van der Waals surface area contributed by atoms with Gasteiger partial charge in [0, 0.05) is 0 Å². The molecule has 1 amide bonds. The summed E-state index contributed by atoms with van der Waals surface area (Å²) in [6, 6.07) is 8.47. The minimum absolute atomic E-state index is 0.136. The lowest BCUT2D eigenvalue weighted by Gasteiger charge is -2.03. The molecule has 0 bridgehead atoms. The van der Waals surface area contributed by atoms with Crippen molar-refractivity contribution >= 4 is 11.6 Å². The van der Waals surface area contributed by atoms with Gasteiger partial charge in [0.2, 0.25) is 5.82 Å². The maximum atomic E-state index is 11.6. The summed E-state index contributed by atoms with van der Waals surface area (Å²) in [5, 5.41) is 16.9. The third-order valence-electron chi connectivity index (χ3n) is 2.01. The fourth-order valence-electron chi connectivity index (χ4n) is 1.25. The molecular formula is C10H7N5O2. The van der Waals surface area contributed by atoms with Gasteiger partial charge in [-0.05, 0) is 12.1 Å². The van der Waals surface area contributed by atoms with E-state index < -0.39 is 11.6 Å². The number of hydrogen-bond donors (Lipinski definition) is 3. The minimum atomic E-state index is -0.592. The number of carbonyl (C=O) groups is 1. The van der Waals surface area contributed by atoms with Crippen LogP contribution in [0.1, 0.15) is 16.2 Å². The van der Waals surface area contributed by atoms with Crippen molar-refractivity contribution in [3.8, 4) is 6.07 Å². The molecule has 2 aromatic rings. The molecule has 7 nitrogen and oxygen atoms in total. The largest absolute Gasteiger partial charge is 0.341 e. The van der Waals surface area contributed by atoms with Crippen LogP contribution in [0.25, 0.3) is 0 Å². The molecule has 0 spiro atoms. The van der Waals surface area contributed by atoms with Gasteiger partial charge >= 0.3 is 5.69 Å². The van der Waals surface area contributed by atoms with E-state index in [1.807, 2.05) is 6.07 Å². The number of anilines is 1. The molecule has 0 saturated carbocycles. The molecule has 1 heterocycles. The lowest BCUT2D eigenvalue weighted by Crippen LogP contribution is -2.15. The van der Waals surface area contributed by atoms with Crippen LogP contribution in [0.15, 0.2) is 29.1 Å². The molecule has 0 aliphatic rings. The second kappa shape index (κ2) is 4.32. The van der Waals surface area contributed by atoms with Crippen molar-refractivity contribution in [3.63, 3.8) is 0 Å². The fraction of sp³-hybridized carbons (Fsp3) is 0. The predicted octanol–water partition coefficient (Wildman–Crippen LogP) is 0.222. The molecule has 0 unspecified atom stereocenters. The topological polar surface area (TPSA) is 114 Å². The summed E-state index contributed by atoms with van der Waals surface area (Å²) >= 11 is 0. The summed E-state index contributed by atoms with van der Waals surface area (Å²) in [6.45, 7) is 0. The van der Waals surface area contributed by atoms with Crippen LogP contribution < -0.4 is 11.0 Å². The van der Waals surface area contributed by atoms with Gasteiger partial charge in [-0.1, -0.05) is 12.1 Å². The summed E-state index contributed by atoms with van der Waals surface area (Å²) in [7, 11) is 0. The van der Waals surface area contributed by atoms with E-state index in [-0.39, 0.29) is 5.82 Å². The van der Waals surface area contributed by atoms with Crippen molar-refractivity contribution < 1.29 is 4.79 Å². The number of amides is 1. The molecule has 0 radical (unpaired) electrons. The van der Waals surface area contributed by atoms with Crippen LogP contribution in [0.4, 0.5) is 5.69 Å². The number of benzene rings is 1. The Morgan fingerprint density at radius 3 is 2.82 bits per heavy atom. The summed E-state index contributed by atoms with van der Waals surface area (Å²) in [5.41, 5.74) is 0.131. The van der Waals surface area contributed by atoms with Gasteiger partial charge in [0.15, 0.2) is 0 Å². The summed E-state index contributed by atoms with van der Waals surface area (Å²) in [5.74, 6) is -0.728. The zero-order chi connectivity index (χ0) is 12.3.